The predicted molar refractivity (Wildman–Crippen MR) is 203 cm³/mol. The van der Waals surface area contributed by atoms with E-state index in [1.165, 1.54) is 11.2 Å². The predicted octanol–water partition coefficient (Wildman–Crippen LogP) is 4.97. The lowest BCUT2D eigenvalue weighted by molar-refractivity contribution is -0.127. The molecule has 0 amide bonds. The van der Waals surface area contributed by atoms with Gasteiger partial charge < -0.3 is 14.8 Å². The first kappa shape index (κ1) is 32.2. The van der Waals surface area contributed by atoms with E-state index in [4.69, 9.17) is 0 Å². The van der Waals surface area contributed by atoms with Crippen LogP contribution in [-0.4, -0.2) is 56.8 Å². The Kier molecular flexibility index (Phi) is 7.72. The van der Waals surface area contributed by atoms with Crippen molar-refractivity contribution in [3.8, 4) is 17.2 Å². The fourth-order valence-electron chi connectivity index (χ4n) is 8.68. The number of piperazine rings is 1. The van der Waals surface area contributed by atoms with Crippen molar-refractivity contribution in [3.05, 3.63) is 129 Å². The molecular weight excluding hydrogens is 667 g/mol. The fourth-order valence-corrected chi connectivity index (χ4v) is 9.46. The van der Waals surface area contributed by atoms with E-state index in [9.17, 15) is 14.9 Å². The SMILES string of the molecule is CC1C=c2c(ccc3c2=CC(=O)c2cc(N4CCNC(Cc5cccs5)C4)ccc2-3)C(C)(C(c2ccccc2C#N)n2cnc3ncncc32)C1=O. The monoisotopic (exact) mass is 701 g/mol. The molecule has 4 atom stereocenters. The molecule has 0 bridgehead atoms. The van der Waals surface area contributed by atoms with Gasteiger partial charge in [0.05, 0.1) is 35.6 Å². The Bertz CT molecular complexity index is 2590. The highest BCUT2D eigenvalue weighted by atomic mass is 32.1. The number of nitrogens with zero attached hydrogens (tertiary/aromatic N) is 6. The molecule has 1 saturated heterocycles. The molecule has 4 heterocycles. The number of carbonyl (C=O) groups is 2. The normalized spacial score (nSPS) is 21.4. The standard InChI is InChI=1S/C42H35N7O2S/c1-25-16-34-33-19-38(50)35-18-28(48-14-13-45-27(22-48)17-29-7-5-15-52-29)9-10-32(35)31(33)11-12-36(34)42(2,40(25)51)39(30-8-4-3-6-26(30)20-43)49-24-47-41-37(49)21-44-23-46-41/h3-12,15-16,18-19,21,23-25,27,39,45H,13-14,17,22H2,1-2H3. The second kappa shape index (κ2) is 12.5. The van der Waals surface area contributed by atoms with Gasteiger partial charge in [0.15, 0.2) is 17.2 Å². The van der Waals surface area contributed by atoms with Crippen molar-refractivity contribution in [3.63, 3.8) is 0 Å². The van der Waals surface area contributed by atoms with E-state index >= 15 is 0 Å². The molecule has 3 aliphatic rings. The average molecular weight is 702 g/mol. The lowest BCUT2D eigenvalue weighted by Crippen LogP contribution is -2.53. The van der Waals surface area contributed by atoms with Crippen LogP contribution in [0.25, 0.3) is 34.4 Å². The Morgan fingerprint density at radius 1 is 1.04 bits per heavy atom. The molecule has 9 rings (SSSR count). The Balaban J connectivity index is 1.17. The van der Waals surface area contributed by atoms with Gasteiger partial charge in [0.25, 0.3) is 0 Å². The van der Waals surface area contributed by atoms with Crippen molar-refractivity contribution in [1.82, 2.24) is 24.8 Å². The van der Waals surface area contributed by atoms with Crippen molar-refractivity contribution in [2.75, 3.05) is 24.5 Å². The first-order chi connectivity index (χ1) is 25.3. The van der Waals surface area contributed by atoms with Gasteiger partial charge in [0.2, 0.25) is 0 Å². The summed E-state index contributed by atoms with van der Waals surface area (Å²) >= 11 is 1.79. The quantitative estimate of drug-likeness (QED) is 0.259. The highest BCUT2D eigenvalue weighted by molar-refractivity contribution is 7.09. The van der Waals surface area contributed by atoms with Crippen molar-refractivity contribution in [1.29, 1.82) is 5.26 Å². The first-order valence-corrected chi connectivity index (χ1v) is 18.5. The Morgan fingerprint density at radius 3 is 2.75 bits per heavy atom. The largest absolute Gasteiger partial charge is 0.369 e. The molecule has 52 heavy (non-hydrogen) atoms. The topological polar surface area (TPSA) is 117 Å². The molecule has 3 aromatic carbocycles. The number of rotatable bonds is 6. The molecule has 10 heteroatoms. The maximum atomic E-state index is 14.7. The number of nitriles is 1. The van der Waals surface area contributed by atoms with Crippen molar-refractivity contribution in [2.24, 2.45) is 5.92 Å². The number of hydrogen-bond acceptors (Lipinski definition) is 9. The molecule has 6 aromatic rings. The maximum absolute atomic E-state index is 14.7. The van der Waals surface area contributed by atoms with Crippen LogP contribution in [0.5, 0.6) is 0 Å². The lowest BCUT2D eigenvalue weighted by atomic mass is 9.63. The van der Waals surface area contributed by atoms with E-state index in [2.05, 4.69) is 66.9 Å². The van der Waals surface area contributed by atoms with Crippen LogP contribution in [0, 0.1) is 17.2 Å². The van der Waals surface area contributed by atoms with Crippen molar-refractivity contribution in [2.45, 2.75) is 37.8 Å². The second-order valence-corrected chi connectivity index (χ2v) is 15.1. The Morgan fingerprint density at radius 2 is 1.90 bits per heavy atom. The summed E-state index contributed by atoms with van der Waals surface area (Å²) in [5.74, 6) is -0.502. The van der Waals surface area contributed by atoms with Gasteiger partial charge >= 0.3 is 0 Å². The van der Waals surface area contributed by atoms with Crippen LogP contribution in [0.2, 0.25) is 0 Å². The maximum Gasteiger partial charge on any atom is 0.187 e. The molecular formula is C42H35N7O2S. The third-order valence-corrected chi connectivity index (χ3v) is 12.0. The molecule has 1 N–H and O–H groups in total. The van der Waals surface area contributed by atoms with E-state index in [1.807, 2.05) is 54.8 Å². The zero-order valence-corrected chi connectivity index (χ0v) is 29.6. The van der Waals surface area contributed by atoms with Gasteiger partial charge in [-0.3, -0.25) is 9.59 Å². The zero-order valence-electron chi connectivity index (χ0n) is 28.8. The van der Waals surface area contributed by atoms with Crippen molar-refractivity contribution >= 4 is 51.9 Å². The molecule has 2 aliphatic carbocycles. The minimum absolute atomic E-state index is 0.0111. The lowest BCUT2D eigenvalue weighted by Gasteiger charge is -2.42. The number of carbonyl (C=O) groups excluding carboxylic acids is 2. The third-order valence-electron chi connectivity index (χ3n) is 11.1. The van der Waals surface area contributed by atoms with Crippen LogP contribution in [0.1, 0.15) is 51.8 Å². The molecule has 0 spiro atoms. The van der Waals surface area contributed by atoms with Gasteiger partial charge in [-0.1, -0.05) is 55.5 Å². The number of anilines is 1. The van der Waals surface area contributed by atoms with Crippen LogP contribution in [0.15, 0.2) is 91.0 Å². The summed E-state index contributed by atoms with van der Waals surface area (Å²) in [6.45, 7) is 6.50. The van der Waals surface area contributed by atoms with E-state index in [1.54, 1.807) is 36.0 Å². The van der Waals surface area contributed by atoms with Crippen LogP contribution in [0.4, 0.5) is 5.69 Å². The second-order valence-electron chi connectivity index (χ2n) is 14.1. The van der Waals surface area contributed by atoms with Gasteiger partial charge in [-0.2, -0.15) is 5.26 Å². The number of fused-ring (bicyclic) bond motifs is 6. The van der Waals surface area contributed by atoms with Crippen LogP contribution < -0.4 is 20.7 Å². The van der Waals surface area contributed by atoms with Crippen LogP contribution in [-0.2, 0) is 16.6 Å². The highest BCUT2D eigenvalue weighted by Crippen LogP contribution is 2.45. The molecule has 3 aromatic heterocycles. The fraction of sp³-hybridized carbons (Fsp3) is 0.238. The van der Waals surface area contributed by atoms with E-state index in [-0.39, 0.29) is 11.6 Å². The molecule has 0 saturated carbocycles. The number of ketones is 2. The summed E-state index contributed by atoms with van der Waals surface area (Å²) in [5, 5.41) is 17.8. The summed E-state index contributed by atoms with van der Waals surface area (Å²) in [7, 11) is 0. The number of nitrogens with one attached hydrogen (secondary N) is 1. The molecule has 1 aliphatic heterocycles. The van der Waals surface area contributed by atoms with Crippen molar-refractivity contribution < 1.29 is 9.59 Å². The number of aromatic nitrogens is 4. The summed E-state index contributed by atoms with van der Waals surface area (Å²) in [6.07, 6.45) is 9.55. The smallest absolute Gasteiger partial charge is 0.187 e. The van der Waals surface area contributed by atoms with Gasteiger partial charge in [-0.05, 0) is 81.8 Å². The van der Waals surface area contributed by atoms with Gasteiger partial charge in [0, 0.05) is 47.7 Å². The highest BCUT2D eigenvalue weighted by Gasteiger charge is 2.49. The summed E-state index contributed by atoms with van der Waals surface area (Å²) < 4.78 is 1.93. The van der Waals surface area contributed by atoms with Gasteiger partial charge in [-0.15, -0.1) is 11.3 Å². The molecule has 1 fully saturated rings. The number of Topliss-reactive ketones (excluding diaryl/α,β-unsaturated/α-hetero) is 2. The summed E-state index contributed by atoms with van der Waals surface area (Å²) in [5.41, 5.74) is 5.56. The summed E-state index contributed by atoms with van der Waals surface area (Å²) in [4.78, 5) is 45.8. The van der Waals surface area contributed by atoms with E-state index < -0.39 is 17.4 Å². The minimum Gasteiger partial charge on any atom is -0.369 e. The first-order valence-electron chi connectivity index (χ1n) is 17.6. The van der Waals surface area contributed by atoms with Crippen LogP contribution >= 0.6 is 11.3 Å². The van der Waals surface area contributed by atoms with E-state index in [0.717, 1.165) is 58.9 Å². The molecule has 256 valence electrons. The Hall–Kier alpha value is -5.76. The number of hydrogen-bond donors (Lipinski definition) is 1. The van der Waals surface area contributed by atoms with Gasteiger partial charge in [0.1, 0.15) is 11.8 Å². The zero-order chi connectivity index (χ0) is 35.6. The number of thiophene rings is 1. The van der Waals surface area contributed by atoms with E-state index in [0.29, 0.717) is 33.9 Å². The van der Waals surface area contributed by atoms with Crippen LogP contribution in [0.3, 0.4) is 0 Å². The Labute approximate surface area is 304 Å². The molecule has 9 nitrogen and oxygen atoms in total. The molecule has 0 radical (unpaired) electrons. The summed E-state index contributed by atoms with van der Waals surface area (Å²) in [6, 6.07) is 24.1. The average Bonchev–Trinajstić information content (AvgIpc) is 3.85. The third kappa shape index (κ3) is 5.03. The van der Waals surface area contributed by atoms with Gasteiger partial charge in [-0.25, -0.2) is 15.0 Å². The minimum atomic E-state index is -1.15. The number of benzene rings is 3. The number of imidazole rings is 1. The molecule has 4 unspecified atom stereocenters.